The molecule has 6 nitrogen and oxygen atoms in total. The molecule has 3 rings (SSSR count). The minimum Gasteiger partial charge on any atom is -0.467 e. The van der Waals surface area contributed by atoms with E-state index in [0.29, 0.717) is 17.9 Å². The van der Waals surface area contributed by atoms with Gasteiger partial charge in [0.2, 0.25) is 5.91 Å². The standard InChI is InChI=1S/C19H16FN3O3S/c1-2-16-18(25)23(13-7-5-12(20)6-8-13)19(27-16)15(10-21)17(24)22-11-14-4-3-9-26-14/h3-9,16H,2,11H2,1H3,(H,22,24)/b19-15-/t16-/m1/s1. The molecule has 1 saturated heterocycles. The van der Waals surface area contributed by atoms with Gasteiger partial charge < -0.3 is 9.73 Å². The highest BCUT2D eigenvalue weighted by atomic mass is 32.2. The zero-order valence-electron chi connectivity index (χ0n) is 14.4. The van der Waals surface area contributed by atoms with Gasteiger partial charge in [0.1, 0.15) is 28.2 Å². The van der Waals surface area contributed by atoms with Crippen LogP contribution in [0.5, 0.6) is 0 Å². The number of nitrogens with one attached hydrogen (secondary N) is 1. The number of thioether (sulfide) groups is 1. The number of amides is 2. The first-order valence-corrected chi connectivity index (χ1v) is 9.14. The van der Waals surface area contributed by atoms with Crippen molar-refractivity contribution in [1.82, 2.24) is 5.32 Å². The van der Waals surface area contributed by atoms with Crippen molar-refractivity contribution in [2.75, 3.05) is 4.90 Å². The van der Waals surface area contributed by atoms with Gasteiger partial charge in [0.05, 0.1) is 18.1 Å². The number of nitriles is 1. The van der Waals surface area contributed by atoms with E-state index in [1.165, 1.54) is 47.2 Å². The largest absolute Gasteiger partial charge is 0.467 e. The molecule has 1 aromatic heterocycles. The minimum atomic E-state index is -0.604. The van der Waals surface area contributed by atoms with Crippen molar-refractivity contribution >= 4 is 29.3 Å². The molecule has 1 aliphatic rings. The SMILES string of the molecule is CC[C@H]1S/C(=C(/C#N)C(=O)NCc2ccco2)N(c2ccc(F)cc2)C1=O. The van der Waals surface area contributed by atoms with Crippen LogP contribution in [0.1, 0.15) is 19.1 Å². The number of nitrogens with zero attached hydrogens (tertiary/aromatic N) is 2. The van der Waals surface area contributed by atoms with Crippen LogP contribution in [-0.4, -0.2) is 17.1 Å². The summed E-state index contributed by atoms with van der Waals surface area (Å²) in [6, 6.07) is 10.6. The number of hydrogen-bond acceptors (Lipinski definition) is 5. The molecule has 1 fully saturated rings. The lowest BCUT2D eigenvalue weighted by Crippen LogP contribution is -2.31. The molecular formula is C19H16FN3O3S. The zero-order chi connectivity index (χ0) is 19.4. The molecule has 0 saturated carbocycles. The summed E-state index contributed by atoms with van der Waals surface area (Å²) >= 11 is 1.17. The van der Waals surface area contributed by atoms with E-state index in [9.17, 15) is 19.2 Å². The Morgan fingerprint density at radius 1 is 1.37 bits per heavy atom. The van der Waals surface area contributed by atoms with Gasteiger partial charge in [0.25, 0.3) is 5.91 Å². The third kappa shape index (κ3) is 3.88. The Morgan fingerprint density at radius 2 is 2.11 bits per heavy atom. The monoisotopic (exact) mass is 385 g/mol. The van der Waals surface area contributed by atoms with E-state index in [4.69, 9.17) is 4.42 Å². The van der Waals surface area contributed by atoms with E-state index in [2.05, 4.69) is 5.32 Å². The van der Waals surface area contributed by atoms with E-state index in [-0.39, 0.29) is 23.1 Å². The summed E-state index contributed by atoms with van der Waals surface area (Å²) in [4.78, 5) is 26.6. The average Bonchev–Trinajstić information content (AvgIpc) is 3.29. The number of halogens is 1. The van der Waals surface area contributed by atoms with Gasteiger partial charge in [-0.25, -0.2) is 4.39 Å². The Balaban J connectivity index is 1.94. The van der Waals surface area contributed by atoms with Crippen molar-refractivity contribution in [3.8, 4) is 6.07 Å². The molecule has 1 aliphatic heterocycles. The fourth-order valence-electron chi connectivity index (χ4n) is 2.61. The summed E-state index contributed by atoms with van der Waals surface area (Å²) in [7, 11) is 0. The molecule has 1 aromatic carbocycles. The van der Waals surface area contributed by atoms with Crippen molar-refractivity contribution in [3.63, 3.8) is 0 Å². The Kier molecular flexibility index (Phi) is 5.62. The molecule has 2 aromatic rings. The van der Waals surface area contributed by atoms with Crippen LogP contribution >= 0.6 is 11.8 Å². The molecule has 2 amide bonds. The Morgan fingerprint density at radius 3 is 2.70 bits per heavy atom. The summed E-state index contributed by atoms with van der Waals surface area (Å²) in [6.45, 7) is 1.97. The second kappa shape index (κ2) is 8.10. The van der Waals surface area contributed by atoms with Crippen LogP contribution in [0, 0.1) is 17.1 Å². The number of hydrogen-bond donors (Lipinski definition) is 1. The van der Waals surface area contributed by atoms with Gasteiger partial charge in [-0.3, -0.25) is 14.5 Å². The van der Waals surface area contributed by atoms with Crippen LogP contribution in [0.2, 0.25) is 0 Å². The van der Waals surface area contributed by atoms with Gasteiger partial charge in [0.15, 0.2) is 0 Å². The smallest absolute Gasteiger partial charge is 0.265 e. The van der Waals surface area contributed by atoms with Crippen LogP contribution in [-0.2, 0) is 16.1 Å². The maximum absolute atomic E-state index is 13.3. The second-order valence-corrected chi connectivity index (χ2v) is 6.91. The summed E-state index contributed by atoms with van der Waals surface area (Å²) in [5, 5.41) is 12.0. The van der Waals surface area contributed by atoms with Crippen molar-refractivity contribution in [2.45, 2.75) is 25.1 Å². The lowest BCUT2D eigenvalue weighted by Gasteiger charge is -2.18. The Hall–Kier alpha value is -3.05. The highest BCUT2D eigenvalue weighted by Gasteiger charge is 2.39. The second-order valence-electron chi connectivity index (χ2n) is 5.72. The van der Waals surface area contributed by atoms with Crippen LogP contribution in [0.4, 0.5) is 10.1 Å². The third-order valence-electron chi connectivity index (χ3n) is 3.96. The van der Waals surface area contributed by atoms with E-state index < -0.39 is 17.0 Å². The van der Waals surface area contributed by atoms with Gasteiger partial charge in [-0.2, -0.15) is 5.26 Å². The molecular weight excluding hydrogens is 369 g/mol. The molecule has 2 heterocycles. The molecule has 1 atom stereocenters. The van der Waals surface area contributed by atoms with E-state index in [1.54, 1.807) is 12.1 Å². The van der Waals surface area contributed by atoms with E-state index in [0.717, 1.165) is 0 Å². The van der Waals surface area contributed by atoms with Gasteiger partial charge in [-0.1, -0.05) is 18.7 Å². The Bertz CT molecular complexity index is 917. The average molecular weight is 385 g/mol. The van der Waals surface area contributed by atoms with Crippen molar-refractivity contribution in [2.24, 2.45) is 0 Å². The zero-order valence-corrected chi connectivity index (χ0v) is 15.3. The number of benzene rings is 1. The molecule has 27 heavy (non-hydrogen) atoms. The lowest BCUT2D eigenvalue weighted by molar-refractivity contribution is -0.117. The summed E-state index contributed by atoms with van der Waals surface area (Å²) in [5.41, 5.74) is 0.242. The predicted octanol–water partition coefficient (Wildman–Crippen LogP) is 3.33. The third-order valence-corrected chi connectivity index (χ3v) is 5.39. The maximum atomic E-state index is 13.3. The first kappa shape index (κ1) is 18.7. The van der Waals surface area contributed by atoms with E-state index >= 15 is 0 Å². The van der Waals surface area contributed by atoms with Gasteiger partial charge in [-0.05, 0) is 42.8 Å². The summed E-state index contributed by atoms with van der Waals surface area (Å²) in [6.07, 6.45) is 2.02. The highest BCUT2D eigenvalue weighted by Crippen LogP contribution is 2.41. The van der Waals surface area contributed by atoms with Gasteiger partial charge in [0, 0.05) is 5.69 Å². The number of carbonyl (C=O) groups is 2. The summed E-state index contributed by atoms with van der Waals surface area (Å²) < 4.78 is 18.4. The molecule has 0 unspecified atom stereocenters. The normalized spacial score (nSPS) is 18.3. The fraction of sp³-hybridized carbons (Fsp3) is 0.211. The van der Waals surface area contributed by atoms with Gasteiger partial charge >= 0.3 is 0 Å². The fourth-order valence-corrected chi connectivity index (χ4v) is 3.81. The first-order chi connectivity index (χ1) is 13.0. The van der Waals surface area contributed by atoms with Crippen LogP contribution < -0.4 is 10.2 Å². The Labute approximate surface area is 159 Å². The molecule has 8 heteroatoms. The maximum Gasteiger partial charge on any atom is 0.265 e. The quantitative estimate of drug-likeness (QED) is 0.630. The molecule has 1 N–H and O–H groups in total. The van der Waals surface area contributed by atoms with Crippen LogP contribution in [0.15, 0.2) is 57.7 Å². The minimum absolute atomic E-state index is 0.122. The number of furan rings is 1. The van der Waals surface area contributed by atoms with Crippen molar-refractivity contribution < 1.29 is 18.4 Å². The number of rotatable bonds is 5. The molecule has 0 radical (unpaired) electrons. The predicted molar refractivity (Wildman–Crippen MR) is 98.7 cm³/mol. The lowest BCUT2D eigenvalue weighted by atomic mass is 10.2. The molecule has 0 bridgehead atoms. The van der Waals surface area contributed by atoms with Gasteiger partial charge in [-0.15, -0.1) is 0 Å². The number of anilines is 1. The molecule has 138 valence electrons. The van der Waals surface area contributed by atoms with Crippen molar-refractivity contribution in [1.29, 1.82) is 5.26 Å². The molecule has 0 aliphatic carbocycles. The molecule has 0 spiro atoms. The topological polar surface area (TPSA) is 86.3 Å². The van der Waals surface area contributed by atoms with Crippen molar-refractivity contribution in [3.05, 3.63) is 64.8 Å². The van der Waals surface area contributed by atoms with E-state index in [1.807, 2.05) is 13.0 Å². The van der Waals surface area contributed by atoms with Crippen LogP contribution in [0.3, 0.4) is 0 Å². The summed E-state index contributed by atoms with van der Waals surface area (Å²) in [5.74, 6) is -0.737. The highest BCUT2D eigenvalue weighted by molar-refractivity contribution is 8.05. The number of carbonyl (C=O) groups excluding carboxylic acids is 2. The van der Waals surface area contributed by atoms with Crippen LogP contribution in [0.25, 0.3) is 0 Å². The first-order valence-electron chi connectivity index (χ1n) is 8.26.